The number of hydrogen-bond acceptors (Lipinski definition) is 4. The number of amides is 1. The molecule has 0 saturated heterocycles. The molecule has 6 nitrogen and oxygen atoms in total. The van der Waals surface area contributed by atoms with Crippen molar-refractivity contribution >= 4 is 23.3 Å². The number of aliphatic carboxylic acids is 1. The number of carboxylic acids is 1. The van der Waals surface area contributed by atoms with Crippen molar-refractivity contribution in [2.24, 2.45) is 0 Å². The van der Waals surface area contributed by atoms with Crippen LogP contribution in [0.25, 0.3) is 0 Å². The number of anilines is 2. The average molecular weight is 306 g/mol. The van der Waals surface area contributed by atoms with Gasteiger partial charge in [-0.05, 0) is 39.0 Å². The minimum Gasteiger partial charge on any atom is -0.482 e. The molecule has 0 aliphatic carbocycles. The van der Waals surface area contributed by atoms with E-state index in [9.17, 15) is 9.59 Å². The van der Waals surface area contributed by atoms with Crippen LogP contribution in [-0.4, -0.2) is 42.7 Å². The van der Waals surface area contributed by atoms with E-state index in [0.29, 0.717) is 18.8 Å². The molecule has 2 rings (SSSR count). The first kappa shape index (κ1) is 16.1. The molecule has 1 aliphatic rings. The highest BCUT2D eigenvalue weighted by molar-refractivity contribution is 5.98. The minimum absolute atomic E-state index is 0.0613. The van der Waals surface area contributed by atoms with E-state index in [2.05, 4.69) is 0 Å². The Kier molecular flexibility index (Phi) is 4.90. The van der Waals surface area contributed by atoms with Crippen LogP contribution in [0.4, 0.5) is 11.4 Å². The summed E-state index contributed by atoms with van der Waals surface area (Å²) in [6, 6.07) is 5.81. The molecule has 1 heterocycles. The van der Waals surface area contributed by atoms with Gasteiger partial charge in [0.2, 0.25) is 0 Å². The third kappa shape index (κ3) is 3.32. The van der Waals surface area contributed by atoms with Crippen molar-refractivity contribution in [3.05, 3.63) is 18.2 Å². The molecule has 0 radical (unpaired) electrons. The van der Waals surface area contributed by atoms with E-state index >= 15 is 0 Å². The van der Waals surface area contributed by atoms with E-state index < -0.39 is 5.97 Å². The van der Waals surface area contributed by atoms with Gasteiger partial charge in [-0.3, -0.25) is 9.59 Å². The van der Waals surface area contributed by atoms with E-state index in [4.69, 9.17) is 9.84 Å². The van der Waals surface area contributed by atoms with Crippen molar-refractivity contribution in [3.63, 3.8) is 0 Å². The summed E-state index contributed by atoms with van der Waals surface area (Å²) in [5.74, 6) is -0.196. The van der Waals surface area contributed by atoms with E-state index in [1.165, 1.54) is 0 Å². The number of nitrogens with zero attached hydrogens (tertiary/aromatic N) is 2. The Bertz CT molecular complexity index is 571. The van der Waals surface area contributed by atoms with Crippen LogP contribution in [0.3, 0.4) is 0 Å². The molecule has 6 heteroatoms. The van der Waals surface area contributed by atoms with Gasteiger partial charge in [-0.25, -0.2) is 0 Å². The number of carboxylic acid groups (broad SMARTS) is 1. The van der Waals surface area contributed by atoms with Gasteiger partial charge < -0.3 is 19.6 Å². The van der Waals surface area contributed by atoms with Gasteiger partial charge >= 0.3 is 5.97 Å². The second kappa shape index (κ2) is 6.68. The highest BCUT2D eigenvalue weighted by Crippen LogP contribution is 2.36. The molecule has 0 aromatic heterocycles. The zero-order valence-corrected chi connectivity index (χ0v) is 13.2. The molecule has 0 saturated carbocycles. The van der Waals surface area contributed by atoms with Gasteiger partial charge in [0, 0.05) is 24.8 Å². The third-order valence-electron chi connectivity index (χ3n) is 3.72. The maximum Gasteiger partial charge on any atom is 0.305 e. The number of benzene rings is 1. The standard InChI is InChI=1S/C16H22N2O4/c1-4-17-13-9-12(5-6-14(13)22-10-15(17)19)18(11(2)3)8-7-16(20)21/h5-6,9,11H,4,7-8,10H2,1-3H3,(H,20,21). The Balaban J connectivity index is 2.33. The number of hydrogen-bond donors (Lipinski definition) is 1. The molecule has 0 fully saturated rings. The lowest BCUT2D eigenvalue weighted by molar-refractivity contribution is -0.136. The van der Waals surface area contributed by atoms with Crippen molar-refractivity contribution in [2.45, 2.75) is 33.2 Å². The SMILES string of the molecule is CCN1C(=O)COc2ccc(N(CCC(=O)O)C(C)C)cc21. The average Bonchev–Trinajstić information content (AvgIpc) is 2.46. The fraction of sp³-hybridized carbons (Fsp3) is 0.500. The van der Waals surface area contributed by atoms with Gasteiger partial charge in [0.15, 0.2) is 6.61 Å². The Hall–Kier alpha value is -2.24. The summed E-state index contributed by atoms with van der Waals surface area (Å²) in [5, 5.41) is 8.90. The van der Waals surface area contributed by atoms with Crippen molar-refractivity contribution in [1.82, 2.24) is 0 Å². The summed E-state index contributed by atoms with van der Waals surface area (Å²) >= 11 is 0. The topological polar surface area (TPSA) is 70.1 Å². The van der Waals surface area contributed by atoms with Gasteiger partial charge in [-0.1, -0.05) is 0 Å². The predicted molar refractivity (Wildman–Crippen MR) is 84.7 cm³/mol. The van der Waals surface area contributed by atoms with Gasteiger partial charge in [0.1, 0.15) is 5.75 Å². The summed E-state index contributed by atoms with van der Waals surface area (Å²) in [6.07, 6.45) is 0.0716. The first-order valence-corrected chi connectivity index (χ1v) is 7.49. The fourth-order valence-electron chi connectivity index (χ4n) is 2.62. The van der Waals surface area contributed by atoms with Crippen molar-refractivity contribution in [2.75, 3.05) is 29.5 Å². The van der Waals surface area contributed by atoms with Crippen LogP contribution in [0.5, 0.6) is 5.75 Å². The molecule has 1 aromatic rings. The van der Waals surface area contributed by atoms with Gasteiger partial charge in [0.25, 0.3) is 5.91 Å². The quantitative estimate of drug-likeness (QED) is 0.872. The molecule has 0 bridgehead atoms. The highest BCUT2D eigenvalue weighted by atomic mass is 16.5. The summed E-state index contributed by atoms with van der Waals surface area (Å²) in [5.41, 5.74) is 1.64. The lowest BCUT2D eigenvalue weighted by Crippen LogP contribution is -2.39. The Labute approximate surface area is 130 Å². The van der Waals surface area contributed by atoms with Crippen LogP contribution in [-0.2, 0) is 9.59 Å². The molecule has 0 unspecified atom stereocenters. The van der Waals surface area contributed by atoms with Crippen LogP contribution in [0, 0.1) is 0 Å². The summed E-state index contributed by atoms with van der Waals surface area (Å²) in [6.45, 7) is 7.01. The summed E-state index contributed by atoms with van der Waals surface area (Å²) < 4.78 is 5.46. The smallest absolute Gasteiger partial charge is 0.305 e. The third-order valence-corrected chi connectivity index (χ3v) is 3.72. The number of carbonyl (C=O) groups is 2. The molecule has 1 aromatic carbocycles. The van der Waals surface area contributed by atoms with Crippen LogP contribution in [0.15, 0.2) is 18.2 Å². The van der Waals surface area contributed by atoms with Crippen molar-refractivity contribution < 1.29 is 19.4 Å². The molecule has 0 spiro atoms. The van der Waals surface area contributed by atoms with Gasteiger partial charge in [-0.15, -0.1) is 0 Å². The van der Waals surface area contributed by atoms with Crippen LogP contribution in [0.2, 0.25) is 0 Å². The number of fused-ring (bicyclic) bond motifs is 1. The van der Waals surface area contributed by atoms with E-state index in [0.717, 1.165) is 11.4 Å². The zero-order valence-electron chi connectivity index (χ0n) is 13.2. The maximum absolute atomic E-state index is 11.9. The van der Waals surface area contributed by atoms with Crippen molar-refractivity contribution in [1.29, 1.82) is 0 Å². The van der Waals surface area contributed by atoms with Crippen LogP contribution >= 0.6 is 0 Å². The van der Waals surface area contributed by atoms with Gasteiger partial charge in [0.05, 0.1) is 12.1 Å². The lowest BCUT2D eigenvalue weighted by Gasteiger charge is -2.32. The fourth-order valence-corrected chi connectivity index (χ4v) is 2.62. The van der Waals surface area contributed by atoms with Crippen LogP contribution < -0.4 is 14.5 Å². The Morgan fingerprint density at radius 1 is 1.45 bits per heavy atom. The maximum atomic E-state index is 11.9. The first-order chi connectivity index (χ1) is 10.4. The summed E-state index contributed by atoms with van der Waals surface area (Å²) in [4.78, 5) is 26.5. The van der Waals surface area contributed by atoms with Gasteiger partial charge in [-0.2, -0.15) is 0 Å². The Morgan fingerprint density at radius 2 is 2.18 bits per heavy atom. The molecular formula is C16H22N2O4. The lowest BCUT2D eigenvalue weighted by atomic mass is 10.1. The van der Waals surface area contributed by atoms with E-state index in [1.807, 2.05) is 43.9 Å². The highest BCUT2D eigenvalue weighted by Gasteiger charge is 2.25. The second-order valence-corrected chi connectivity index (χ2v) is 5.51. The Morgan fingerprint density at radius 3 is 2.77 bits per heavy atom. The molecule has 1 N–H and O–H groups in total. The molecule has 1 aliphatic heterocycles. The second-order valence-electron chi connectivity index (χ2n) is 5.51. The monoisotopic (exact) mass is 306 g/mol. The minimum atomic E-state index is -0.822. The largest absolute Gasteiger partial charge is 0.482 e. The van der Waals surface area contributed by atoms with Crippen molar-refractivity contribution in [3.8, 4) is 5.75 Å². The normalized spacial score (nSPS) is 13.8. The number of ether oxygens (including phenoxy) is 1. The number of carbonyl (C=O) groups excluding carboxylic acids is 1. The first-order valence-electron chi connectivity index (χ1n) is 7.49. The molecule has 22 heavy (non-hydrogen) atoms. The zero-order chi connectivity index (χ0) is 16.3. The van der Waals surface area contributed by atoms with E-state index in [-0.39, 0.29) is 25.0 Å². The van der Waals surface area contributed by atoms with Crippen LogP contribution in [0.1, 0.15) is 27.2 Å². The molecule has 1 amide bonds. The van der Waals surface area contributed by atoms with E-state index in [1.54, 1.807) is 4.90 Å². The molecular weight excluding hydrogens is 284 g/mol. The molecule has 120 valence electrons. The number of rotatable bonds is 6. The number of likely N-dealkylation sites (N-methyl/N-ethyl adjacent to an activating group) is 1. The molecule has 0 atom stereocenters. The summed E-state index contributed by atoms with van der Waals surface area (Å²) in [7, 11) is 0. The predicted octanol–water partition coefficient (Wildman–Crippen LogP) is 2.12.